The van der Waals surface area contributed by atoms with Gasteiger partial charge in [0.15, 0.2) is 5.78 Å². The standard InChI is InChI=1S/C40H47N9O8/c1-5-34(51)57-20-10-18-42-37(53)28-21-27(36(52)41-17-8-9-19-49(6-2)7-3)22-31(23-28)44-38(54)26-11-13-29(14-12-26)47-48-35(25(4)50)39(55)43-30-15-16-32-33(24-30)46-40(56)45-32/h5,11-16,21-24,35H,1,6-10,17-20H2,2-4H3,(H,41,52)(H,42,53)(H,43,55)(H,44,54)(H2,45,46,56)/b48-47+. The van der Waals surface area contributed by atoms with Crippen LogP contribution in [0.1, 0.15) is 71.1 Å². The molecule has 1 aromatic heterocycles. The number of carbonyl (C=O) groups is 6. The number of unbranched alkanes of at least 4 members (excludes halogenated alkanes) is 1. The van der Waals surface area contributed by atoms with E-state index >= 15 is 0 Å². The lowest BCUT2D eigenvalue weighted by Gasteiger charge is -2.17. The monoisotopic (exact) mass is 781 g/mol. The van der Waals surface area contributed by atoms with Gasteiger partial charge in [-0.1, -0.05) is 20.4 Å². The summed E-state index contributed by atoms with van der Waals surface area (Å²) in [7, 11) is 0. The van der Waals surface area contributed by atoms with E-state index < -0.39 is 47.1 Å². The second kappa shape index (κ2) is 21.4. The van der Waals surface area contributed by atoms with E-state index in [9.17, 15) is 33.6 Å². The number of benzene rings is 3. The molecule has 0 radical (unpaired) electrons. The van der Waals surface area contributed by atoms with Crippen molar-refractivity contribution < 1.29 is 33.5 Å². The zero-order chi connectivity index (χ0) is 41.3. The van der Waals surface area contributed by atoms with Crippen molar-refractivity contribution in [3.8, 4) is 0 Å². The average molecular weight is 782 g/mol. The van der Waals surface area contributed by atoms with E-state index in [1.54, 1.807) is 12.1 Å². The van der Waals surface area contributed by atoms with Gasteiger partial charge in [0, 0.05) is 47.2 Å². The molecule has 4 aromatic rings. The number of carbonyl (C=O) groups excluding carboxylic acids is 6. The average Bonchev–Trinajstić information content (AvgIpc) is 3.58. The van der Waals surface area contributed by atoms with E-state index in [4.69, 9.17) is 4.74 Å². The maximum atomic E-state index is 13.3. The summed E-state index contributed by atoms with van der Waals surface area (Å²) >= 11 is 0. The summed E-state index contributed by atoms with van der Waals surface area (Å²) in [6.45, 7) is 12.2. The van der Waals surface area contributed by atoms with Crippen LogP contribution in [0.3, 0.4) is 0 Å². The molecule has 0 aliphatic heterocycles. The number of Topliss-reactive ketones (excluding diaryl/α,β-unsaturated/α-hetero) is 1. The van der Waals surface area contributed by atoms with Gasteiger partial charge in [-0.05, 0) is 106 Å². The lowest BCUT2D eigenvalue weighted by atomic mass is 10.1. The molecule has 0 bridgehead atoms. The molecule has 17 nitrogen and oxygen atoms in total. The summed E-state index contributed by atoms with van der Waals surface area (Å²) < 4.78 is 4.94. The highest BCUT2D eigenvalue weighted by Gasteiger charge is 2.23. The van der Waals surface area contributed by atoms with Crippen LogP contribution in [0.4, 0.5) is 17.1 Å². The quantitative estimate of drug-likeness (QED) is 0.0229. The summed E-state index contributed by atoms with van der Waals surface area (Å²) in [5.41, 5.74) is 1.90. The van der Waals surface area contributed by atoms with Gasteiger partial charge in [-0.25, -0.2) is 9.59 Å². The van der Waals surface area contributed by atoms with Gasteiger partial charge in [0.2, 0.25) is 6.04 Å². The van der Waals surface area contributed by atoms with Crippen LogP contribution in [0.15, 0.2) is 88.3 Å². The number of H-pyrrole nitrogens is 2. The first kappa shape index (κ1) is 43.0. The maximum absolute atomic E-state index is 13.3. The van der Waals surface area contributed by atoms with E-state index in [0.717, 1.165) is 38.6 Å². The minimum atomic E-state index is -1.47. The van der Waals surface area contributed by atoms with Crippen molar-refractivity contribution in [3.05, 3.63) is 100 Å². The van der Waals surface area contributed by atoms with E-state index in [0.29, 0.717) is 29.7 Å². The van der Waals surface area contributed by atoms with Crippen LogP contribution in [0.25, 0.3) is 11.0 Å². The SMILES string of the molecule is C=CC(=O)OCCCNC(=O)c1cc(NC(=O)c2ccc(/N=N/C(C(C)=O)C(=O)Nc3ccc4[nH]c(=O)[nH]c4c3)cc2)cc(C(=O)NCCCCN(CC)CC)c1. The smallest absolute Gasteiger partial charge is 0.330 e. The summed E-state index contributed by atoms with van der Waals surface area (Å²) in [6.07, 6.45) is 3.05. The highest BCUT2D eigenvalue weighted by atomic mass is 16.5. The predicted octanol–water partition coefficient (Wildman–Crippen LogP) is 4.49. The van der Waals surface area contributed by atoms with Gasteiger partial charge in [0.05, 0.1) is 23.3 Å². The molecule has 300 valence electrons. The Bertz CT molecular complexity index is 2170. The molecule has 0 aliphatic carbocycles. The molecule has 57 heavy (non-hydrogen) atoms. The number of aromatic amines is 2. The third-order valence-electron chi connectivity index (χ3n) is 8.65. The largest absolute Gasteiger partial charge is 0.462 e. The van der Waals surface area contributed by atoms with Crippen molar-refractivity contribution in [2.75, 3.05) is 50.0 Å². The number of ether oxygens (including phenoxy) is 1. The molecule has 6 N–H and O–H groups in total. The van der Waals surface area contributed by atoms with Crippen molar-refractivity contribution in [2.45, 2.75) is 46.1 Å². The van der Waals surface area contributed by atoms with Gasteiger partial charge in [-0.15, -0.1) is 0 Å². The number of aromatic nitrogens is 2. The van der Waals surface area contributed by atoms with E-state index in [-0.39, 0.29) is 41.2 Å². The summed E-state index contributed by atoms with van der Waals surface area (Å²) in [5, 5.41) is 18.9. The van der Waals surface area contributed by atoms with Crippen molar-refractivity contribution in [2.24, 2.45) is 10.2 Å². The van der Waals surface area contributed by atoms with Crippen LogP contribution in [0.2, 0.25) is 0 Å². The second-order valence-electron chi connectivity index (χ2n) is 12.8. The number of nitrogens with one attached hydrogen (secondary N) is 6. The minimum Gasteiger partial charge on any atom is -0.462 e. The number of rotatable bonds is 21. The van der Waals surface area contributed by atoms with Crippen LogP contribution in [-0.2, 0) is 19.1 Å². The molecule has 0 spiro atoms. The second-order valence-corrected chi connectivity index (χ2v) is 12.8. The summed E-state index contributed by atoms with van der Waals surface area (Å²) in [6, 6.07) is 13.4. The van der Waals surface area contributed by atoms with E-state index in [1.165, 1.54) is 55.5 Å². The fourth-order valence-electron chi connectivity index (χ4n) is 5.52. The molecule has 4 amide bonds. The number of nitrogens with zero attached hydrogens (tertiary/aromatic N) is 3. The summed E-state index contributed by atoms with van der Waals surface area (Å²) in [4.78, 5) is 95.2. The van der Waals surface area contributed by atoms with Gasteiger partial charge in [0.1, 0.15) is 0 Å². The number of amides is 4. The van der Waals surface area contributed by atoms with Crippen molar-refractivity contribution in [1.82, 2.24) is 25.5 Å². The fourth-order valence-corrected chi connectivity index (χ4v) is 5.52. The molecule has 0 saturated heterocycles. The number of ketones is 1. The Hall–Kier alpha value is -6.75. The Kier molecular flexibility index (Phi) is 16.1. The van der Waals surface area contributed by atoms with Crippen LogP contribution < -0.4 is 27.0 Å². The number of fused-ring (bicyclic) bond motifs is 1. The van der Waals surface area contributed by atoms with Gasteiger partial charge in [-0.3, -0.25) is 24.0 Å². The van der Waals surface area contributed by atoms with Gasteiger partial charge in [-0.2, -0.15) is 10.2 Å². The summed E-state index contributed by atoms with van der Waals surface area (Å²) in [5.74, 6) is -3.32. The molecule has 1 heterocycles. The molecule has 3 aromatic carbocycles. The fraction of sp³-hybridized carbons (Fsp3) is 0.325. The first-order valence-electron chi connectivity index (χ1n) is 18.5. The third kappa shape index (κ3) is 13.2. The minimum absolute atomic E-state index is 0.0761. The Balaban J connectivity index is 1.42. The Morgan fingerprint density at radius 1 is 0.772 bits per heavy atom. The third-order valence-corrected chi connectivity index (χ3v) is 8.65. The molecule has 0 aliphatic rings. The lowest BCUT2D eigenvalue weighted by molar-refractivity contribution is -0.137. The van der Waals surface area contributed by atoms with E-state index in [2.05, 4.69) is 66.8 Å². The number of azo groups is 1. The number of hydrogen-bond donors (Lipinski definition) is 6. The maximum Gasteiger partial charge on any atom is 0.330 e. The molecule has 4 rings (SSSR count). The zero-order valence-corrected chi connectivity index (χ0v) is 32.1. The molecule has 17 heteroatoms. The number of imidazole rings is 1. The van der Waals surface area contributed by atoms with Gasteiger partial charge in [0.25, 0.3) is 23.6 Å². The first-order chi connectivity index (χ1) is 27.4. The highest BCUT2D eigenvalue weighted by molar-refractivity contribution is 6.10. The van der Waals surface area contributed by atoms with E-state index in [1.807, 2.05) is 0 Å². The van der Waals surface area contributed by atoms with Crippen LogP contribution >= 0.6 is 0 Å². The van der Waals surface area contributed by atoms with Crippen LogP contribution in [0, 0.1) is 0 Å². The number of hydrogen-bond acceptors (Lipinski definition) is 11. The lowest BCUT2D eigenvalue weighted by Crippen LogP contribution is -2.31. The predicted molar refractivity (Wildman–Crippen MR) is 215 cm³/mol. The molecular formula is C40H47N9O8. The Morgan fingerprint density at radius 2 is 1.42 bits per heavy atom. The topological polar surface area (TPSA) is 236 Å². The van der Waals surface area contributed by atoms with Crippen molar-refractivity contribution in [3.63, 3.8) is 0 Å². The van der Waals surface area contributed by atoms with Crippen molar-refractivity contribution >= 4 is 63.5 Å². The normalized spacial score (nSPS) is 11.6. The number of anilines is 2. The first-order valence-corrected chi connectivity index (χ1v) is 18.5. The van der Waals surface area contributed by atoms with Crippen LogP contribution in [-0.4, -0.2) is 95.6 Å². The zero-order valence-electron chi connectivity index (χ0n) is 32.1. The molecular weight excluding hydrogens is 734 g/mol. The van der Waals surface area contributed by atoms with Gasteiger partial charge < -0.3 is 40.9 Å². The molecule has 1 atom stereocenters. The molecule has 1 unspecified atom stereocenters. The number of esters is 1. The van der Waals surface area contributed by atoms with Crippen molar-refractivity contribution in [1.29, 1.82) is 0 Å². The Labute approximate surface area is 328 Å². The molecule has 0 saturated carbocycles. The highest BCUT2D eigenvalue weighted by Crippen LogP contribution is 2.20. The Morgan fingerprint density at radius 3 is 2.05 bits per heavy atom. The van der Waals surface area contributed by atoms with Crippen LogP contribution in [0.5, 0.6) is 0 Å². The van der Waals surface area contributed by atoms with Gasteiger partial charge >= 0.3 is 11.7 Å². The molecule has 0 fully saturated rings.